The van der Waals surface area contributed by atoms with E-state index in [4.69, 9.17) is 9.15 Å². The van der Waals surface area contributed by atoms with Gasteiger partial charge in [0.25, 0.3) is 0 Å². The van der Waals surface area contributed by atoms with Crippen LogP contribution in [0.5, 0.6) is 0 Å². The molecule has 176 valence electrons. The van der Waals surface area contributed by atoms with E-state index in [0.717, 1.165) is 28.6 Å². The second-order valence-corrected chi connectivity index (χ2v) is 9.50. The predicted molar refractivity (Wildman–Crippen MR) is 118 cm³/mol. The maximum Gasteiger partial charge on any atom is 0.354 e. The summed E-state index contributed by atoms with van der Waals surface area (Å²) in [6.07, 6.45) is 1.40. The molecule has 0 saturated carbocycles. The number of nitrogens with zero attached hydrogens (tertiary/aromatic N) is 2. The zero-order valence-electron chi connectivity index (χ0n) is 19.0. The molecule has 1 unspecified atom stereocenters. The highest BCUT2D eigenvalue weighted by Crippen LogP contribution is 2.28. The Morgan fingerprint density at radius 1 is 1.18 bits per heavy atom. The largest absolute Gasteiger partial charge is 0.468 e. The van der Waals surface area contributed by atoms with Gasteiger partial charge in [-0.3, -0.25) is 4.79 Å². The number of Topliss-reactive ketones (excluding diaryl/α,β-unsaturated/α-hetero) is 1. The minimum Gasteiger partial charge on any atom is -0.468 e. The second kappa shape index (κ2) is 9.32. The van der Waals surface area contributed by atoms with E-state index in [1.807, 2.05) is 0 Å². The van der Waals surface area contributed by atoms with Gasteiger partial charge in [-0.05, 0) is 62.7 Å². The summed E-state index contributed by atoms with van der Waals surface area (Å²) in [5.41, 5.74) is 1.35. The standard InChI is InChI=1S/C23H25FN2O6S/c1-14-20(15(2)25(4)21(14)23(28)31-5)22(27)16(3)26(13-18-7-6-12-32-18)33(29,30)19-10-8-17(24)9-11-19/h6-12,16H,13H2,1-5H3. The highest BCUT2D eigenvalue weighted by Gasteiger charge is 2.37. The molecule has 2 aromatic heterocycles. The number of ether oxygens (including phenoxy) is 1. The van der Waals surface area contributed by atoms with Crippen LogP contribution < -0.4 is 0 Å². The van der Waals surface area contributed by atoms with Crippen molar-refractivity contribution in [3.05, 3.63) is 76.8 Å². The van der Waals surface area contributed by atoms with E-state index in [1.54, 1.807) is 37.6 Å². The van der Waals surface area contributed by atoms with Crippen LogP contribution in [-0.2, 0) is 28.4 Å². The number of halogens is 1. The van der Waals surface area contributed by atoms with Gasteiger partial charge >= 0.3 is 5.97 Å². The molecule has 33 heavy (non-hydrogen) atoms. The summed E-state index contributed by atoms with van der Waals surface area (Å²) in [5.74, 6) is -1.34. The van der Waals surface area contributed by atoms with Crippen LogP contribution in [0.3, 0.4) is 0 Å². The summed E-state index contributed by atoms with van der Waals surface area (Å²) in [6.45, 7) is 4.54. The molecule has 0 aliphatic heterocycles. The zero-order chi connectivity index (χ0) is 24.5. The van der Waals surface area contributed by atoms with Crippen molar-refractivity contribution in [2.75, 3.05) is 7.11 Å². The van der Waals surface area contributed by atoms with E-state index in [0.29, 0.717) is 17.0 Å². The summed E-state index contributed by atoms with van der Waals surface area (Å²) in [6, 6.07) is 6.42. The average molecular weight is 477 g/mol. The number of sulfonamides is 1. The van der Waals surface area contributed by atoms with Crippen molar-refractivity contribution >= 4 is 21.8 Å². The number of rotatable bonds is 8. The molecule has 3 rings (SSSR count). The van der Waals surface area contributed by atoms with Gasteiger partial charge in [-0.15, -0.1) is 0 Å². The molecule has 2 heterocycles. The molecule has 0 saturated heterocycles. The highest BCUT2D eigenvalue weighted by atomic mass is 32.2. The Balaban J connectivity index is 2.09. The Labute approximate surface area is 191 Å². The number of hydrogen-bond acceptors (Lipinski definition) is 6. The first kappa shape index (κ1) is 24.4. The Hall–Kier alpha value is -3.24. The molecule has 0 amide bonds. The quantitative estimate of drug-likeness (QED) is 0.364. The summed E-state index contributed by atoms with van der Waals surface area (Å²) >= 11 is 0. The molecule has 0 N–H and O–H groups in total. The van der Waals surface area contributed by atoms with Gasteiger partial charge in [0.05, 0.1) is 30.9 Å². The van der Waals surface area contributed by atoms with Gasteiger partial charge in [-0.1, -0.05) is 0 Å². The van der Waals surface area contributed by atoms with E-state index in [1.165, 1.54) is 20.3 Å². The number of carbonyl (C=O) groups is 2. The molecule has 0 aliphatic carbocycles. The third-order valence-electron chi connectivity index (χ3n) is 5.68. The number of benzene rings is 1. The number of ketones is 1. The Morgan fingerprint density at radius 2 is 1.82 bits per heavy atom. The lowest BCUT2D eigenvalue weighted by Crippen LogP contribution is -2.43. The SMILES string of the molecule is COC(=O)c1c(C)c(C(=O)C(C)N(Cc2ccco2)S(=O)(=O)c2ccc(F)cc2)c(C)n1C. The third-order valence-corrected chi connectivity index (χ3v) is 7.61. The molecular weight excluding hydrogens is 451 g/mol. The first-order chi connectivity index (χ1) is 15.5. The van der Waals surface area contributed by atoms with Crippen molar-refractivity contribution in [2.24, 2.45) is 7.05 Å². The first-order valence-electron chi connectivity index (χ1n) is 10.1. The minimum absolute atomic E-state index is 0.160. The fraction of sp³-hybridized carbons (Fsp3) is 0.304. The number of aromatic nitrogens is 1. The van der Waals surface area contributed by atoms with Crippen LogP contribution in [0.1, 0.15) is 44.8 Å². The van der Waals surface area contributed by atoms with Crippen molar-refractivity contribution < 1.29 is 31.6 Å². The van der Waals surface area contributed by atoms with E-state index < -0.39 is 33.6 Å². The number of esters is 1. The maximum absolute atomic E-state index is 13.6. The number of methoxy groups -OCH3 is 1. The van der Waals surface area contributed by atoms with Crippen LogP contribution in [0.2, 0.25) is 0 Å². The summed E-state index contributed by atoms with van der Waals surface area (Å²) in [5, 5.41) is 0. The predicted octanol–water partition coefficient (Wildman–Crippen LogP) is 3.62. The van der Waals surface area contributed by atoms with Gasteiger partial charge in [0, 0.05) is 18.3 Å². The van der Waals surface area contributed by atoms with Gasteiger partial charge in [0.15, 0.2) is 5.78 Å². The summed E-state index contributed by atoms with van der Waals surface area (Å²) < 4.78 is 53.0. The van der Waals surface area contributed by atoms with Crippen molar-refractivity contribution in [2.45, 2.75) is 38.3 Å². The fourth-order valence-electron chi connectivity index (χ4n) is 3.79. The van der Waals surface area contributed by atoms with Gasteiger partial charge < -0.3 is 13.7 Å². The first-order valence-corrected chi connectivity index (χ1v) is 11.5. The van der Waals surface area contributed by atoms with E-state index >= 15 is 0 Å². The molecule has 0 aliphatic rings. The normalized spacial score (nSPS) is 12.7. The zero-order valence-corrected chi connectivity index (χ0v) is 19.8. The molecule has 0 radical (unpaired) electrons. The Kier molecular flexibility index (Phi) is 6.89. The van der Waals surface area contributed by atoms with Crippen molar-refractivity contribution in [1.82, 2.24) is 8.87 Å². The Bertz CT molecular complexity index is 1280. The number of carbonyl (C=O) groups excluding carboxylic acids is 2. The van der Waals surface area contributed by atoms with E-state index in [2.05, 4.69) is 0 Å². The summed E-state index contributed by atoms with van der Waals surface area (Å²) in [7, 11) is -1.33. The monoisotopic (exact) mass is 476 g/mol. The number of furan rings is 1. The molecule has 1 atom stereocenters. The van der Waals surface area contributed by atoms with Crippen LogP contribution in [0.15, 0.2) is 52.0 Å². The fourth-order valence-corrected chi connectivity index (χ4v) is 5.35. The molecule has 10 heteroatoms. The van der Waals surface area contributed by atoms with Crippen LogP contribution >= 0.6 is 0 Å². The topological polar surface area (TPSA) is 98.8 Å². The lowest BCUT2D eigenvalue weighted by Gasteiger charge is -2.27. The van der Waals surface area contributed by atoms with Crippen LogP contribution in [0.25, 0.3) is 0 Å². The molecule has 1 aromatic carbocycles. The van der Waals surface area contributed by atoms with E-state index in [-0.39, 0.29) is 22.7 Å². The van der Waals surface area contributed by atoms with Gasteiger partial charge in [0.2, 0.25) is 10.0 Å². The number of hydrogen-bond donors (Lipinski definition) is 0. The van der Waals surface area contributed by atoms with Crippen LogP contribution in [0, 0.1) is 19.7 Å². The molecule has 0 fully saturated rings. The molecule has 0 spiro atoms. The van der Waals surface area contributed by atoms with Crippen LogP contribution in [0.4, 0.5) is 4.39 Å². The minimum atomic E-state index is -4.21. The van der Waals surface area contributed by atoms with Crippen molar-refractivity contribution in [3.8, 4) is 0 Å². The molecule has 8 nitrogen and oxygen atoms in total. The van der Waals surface area contributed by atoms with Gasteiger partial charge in [0.1, 0.15) is 17.3 Å². The van der Waals surface area contributed by atoms with E-state index in [9.17, 15) is 22.4 Å². The smallest absolute Gasteiger partial charge is 0.354 e. The second-order valence-electron chi connectivity index (χ2n) is 7.61. The van der Waals surface area contributed by atoms with Crippen molar-refractivity contribution in [1.29, 1.82) is 0 Å². The van der Waals surface area contributed by atoms with Crippen LogP contribution in [-0.4, -0.2) is 42.2 Å². The lowest BCUT2D eigenvalue weighted by molar-refractivity contribution is 0.0588. The molecule has 0 bridgehead atoms. The van der Waals surface area contributed by atoms with Gasteiger partial charge in [-0.25, -0.2) is 17.6 Å². The lowest BCUT2D eigenvalue weighted by atomic mass is 10.0. The Morgan fingerprint density at radius 3 is 2.36 bits per heavy atom. The summed E-state index contributed by atoms with van der Waals surface area (Å²) in [4.78, 5) is 25.7. The molecule has 3 aromatic rings. The van der Waals surface area contributed by atoms with Gasteiger partial charge in [-0.2, -0.15) is 4.31 Å². The van der Waals surface area contributed by atoms with Crippen molar-refractivity contribution in [3.63, 3.8) is 0 Å². The maximum atomic E-state index is 13.6. The highest BCUT2D eigenvalue weighted by molar-refractivity contribution is 7.89. The third kappa shape index (κ3) is 4.49. The average Bonchev–Trinajstić information content (AvgIpc) is 3.37. The molecular formula is C23H25FN2O6S.